The second kappa shape index (κ2) is 6.49. The van der Waals surface area contributed by atoms with E-state index in [0.717, 1.165) is 0 Å². The molecule has 0 unspecified atom stereocenters. The quantitative estimate of drug-likeness (QED) is 0.766. The van der Waals surface area contributed by atoms with Crippen LogP contribution in [0.15, 0.2) is 24.3 Å². The molecule has 26 heavy (non-hydrogen) atoms. The Kier molecular flexibility index (Phi) is 4.29. The van der Waals surface area contributed by atoms with Gasteiger partial charge in [0.1, 0.15) is 5.82 Å². The van der Waals surface area contributed by atoms with Gasteiger partial charge in [-0.25, -0.2) is 4.39 Å². The number of benzene rings is 1. The molecule has 2 aromatic rings. The van der Waals surface area contributed by atoms with Gasteiger partial charge in [-0.3, -0.25) is 0 Å². The Morgan fingerprint density at radius 2 is 1.73 bits per heavy atom. The summed E-state index contributed by atoms with van der Waals surface area (Å²) in [7, 11) is 0. The van der Waals surface area contributed by atoms with Crippen molar-refractivity contribution >= 4 is 11.9 Å². The number of halogens is 1. The van der Waals surface area contributed by atoms with E-state index in [1.54, 1.807) is 18.2 Å². The van der Waals surface area contributed by atoms with E-state index in [1.807, 2.05) is 0 Å². The van der Waals surface area contributed by atoms with Crippen molar-refractivity contribution in [2.24, 2.45) is 11.8 Å². The van der Waals surface area contributed by atoms with E-state index >= 15 is 0 Å². The average molecular weight is 355 g/mol. The van der Waals surface area contributed by atoms with Gasteiger partial charge in [0, 0.05) is 11.6 Å². The van der Waals surface area contributed by atoms with Gasteiger partial charge >= 0.3 is 0 Å². The van der Waals surface area contributed by atoms with Crippen molar-refractivity contribution in [1.29, 1.82) is 0 Å². The second-order valence-corrected chi connectivity index (χ2v) is 8.18. The van der Waals surface area contributed by atoms with E-state index in [9.17, 15) is 4.39 Å². The first-order valence-corrected chi connectivity index (χ1v) is 9.48. The van der Waals surface area contributed by atoms with Crippen LogP contribution in [0.2, 0.25) is 0 Å². The average Bonchev–Trinajstić information content (AvgIpc) is 3.48. The van der Waals surface area contributed by atoms with Crippen molar-refractivity contribution in [2.45, 2.75) is 58.0 Å². The number of hydrogen-bond donors (Lipinski definition) is 2. The summed E-state index contributed by atoms with van der Waals surface area (Å²) in [4.78, 5) is 13.6. The highest BCUT2D eigenvalue weighted by Gasteiger charge is 2.38. The molecular formula is C20H26FN5. The van der Waals surface area contributed by atoms with E-state index in [1.165, 1.54) is 31.7 Å². The SMILES string of the molecule is C[C@@H](Nc1nc(NC(C)(C)C2CC2)nc(-c2ccccc2F)n1)C1CC1. The molecule has 2 fully saturated rings. The van der Waals surface area contributed by atoms with Crippen LogP contribution in [-0.4, -0.2) is 26.5 Å². The van der Waals surface area contributed by atoms with Gasteiger partial charge in [-0.1, -0.05) is 12.1 Å². The van der Waals surface area contributed by atoms with E-state index in [-0.39, 0.29) is 11.4 Å². The van der Waals surface area contributed by atoms with Crippen LogP contribution in [0, 0.1) is 17.7 Å². The number of anilines is 2. The fourth-order valence-corrected chi connectivity index (χ4v) is 3.37. The van der Waals surface area contributed by atoms with Crippen LogP contribution in [-0.2, 0) is 0 Å². The molecule has 0 saturated heterocycles. The van der Waals surface area contributed by atoms with Crippen LogP contribution in [0.25, 0.3) is 11.4 Å². The van der Waals surface area contributed by atoms with Crippen LogP contribution in [0.5, 0.6) is 0 Å². The Labute approximate surface area is 153 Å². The maximum atomic E-state index is 14.3. The smallest absolute Gasteiger partial charge is 0.228 e. The maximum absolute atomic E-state index is 14.3. The fourth-order valence-electron chi connectivity index (χ4n) is 3.37. The summed E-state index contributed by atoms with van der Waals surface area (Å²) < 4.78 is 14.3. The van der Waals surface area contributed by atoms with E-state index in [0.29, 0.717) is 41.2 Å². The molecule has 2 N–H and O–H groups in total. The molecule has 1 heterocycles. The maximum Gasteiger partial charge on any atom is 0.228 e. The summed E-state index contributed by atoms with van der Waals surface area (Å²) in [5.74, 6) is 2.33. The largest absolute Gasteiger partial charge is 0.351 e. The van der Waals surface area contributed by atoms with Crippen LogP contribution in [0.4, 0.5) is 16.3 Å². The van der Waals surface area contributed by atoms with Gasteiger partial charge < -0.3 is 10.6 Å². The van der Waals surface area contributed by atoms with Crippen LogP contribution in [0.3, 0.4) is 0 Å². The lowest BCUT2D eigenvalue weighted by molar-refractivity contribution is 0.490. The second-order valence-electron chi connectivity index (χ2n) is 8.18. The zero-order valence-electron chi connectivity index (χ0n) is 15.6. The Balaban J connectivity index is 1.67. The number of nitrogens with zero attached hydrogens (tertiary/aromatic N) is 3. The minimum atomic E-state index is -0.327. The third-order valence-corrected chi connectivity index (χ3v) is 5.47. The predicted molar refractivity (Wildman–Crippen MR) is 101 cm³/mol. The number of nitrogens with one attached hydrogen (secondary N) is 2. The molecule has 6 heteroatoms. The lowest BCUT2D eigenvalue weighted by atomic mass is 9.99. The molecule has 0 radical (unpaired) electrons. The molecule has 0 aliphatic heterocycles. The number of aromatic nitrogens is 3. The molecule has 0 spiro atoms. The van der Waals surface area contributed by atoms with Gasteiger partial charge in [-0.2, -0.15) is 15.0 Å². The van der Waals surface area contributed by atoms with E-state index in [4.69, 9.17) is 0 Å². The van der Waals surface area contributed by atoms with Crippen molar-refractivity contribution in [1.82, 2.24) is 15.0 Å². The Morgan fingerprint density at radius 1 is 1.04 bits per heavy atom. The summed E-state index contributed by atoms with van der Waals surface area (Å²) >= 11 is 0. The van der Waals surface area contributed by atoms with Gasteiger partial charge in [0.15, 0.2) is 5.82 Å². The summed E-state index contributed by atoms with van der Waals surface area (Å²) in [6.07, 6.45) is 4.91. The number of rotatable bonds is 7. The molecule has 2 aliphatic rings. The molecule has 0 bridgehead atoms. The summed E-state index contributed by atoms with van der Waals surface area (Å²) in [5, 5.41) is 6.82. The summed E-state index contributed by atoms with van der Waals surface area (Å²) in [6, 6.07) is 6.90. The predicted octanol–water partition coefficient (Wildman–Crippen LogP) is 4.49. The van der Waals surface area contributed by atoms with Crippen molar-refractivity contribution in [3.63, 3.8) is 0 Å². The topological polar surface area (TPSA) is 62.7 Å². The molecule has 1 atom stereocenters. The van der Waals surface area contributed by atoms with Gasteiger partial charge in [-0.15, -0.1) is 0 Å². The van der Waals surface area contributed by atoms with Crippen LogP contribution >= 0.6 is 0 Å². The third-order valence-electron chi connectivity index (χ3n) is 5.47. The van der Waals surface area contributed by atoms with Crippen LogP contribution in [0.1, 0.15) is 46.5 Å². The lowest BCUT2D eigenvalue weighted by Crippen LogP contribution is -2.34. The van der Waals surface area contributed by atoms with Crippen molar-refractivity contribution in [3.05, 3.63) is 30.1 Å². The number of hydrogen-bond acceptors (Lipinski definition) is 5. The molecule has 1 aromatic heterocycles. The molecular weight excluding hydrogens is 329 g/mol. The monoisotopic (exact) mass is 355 g/mol. The highest BCUT2D eigenvalue weighted by molar-refractivity contribution is 5.59. The van der Waals surface area contributed by atoms with Crippen LogP contribution < -0.4 is 10.6 Å². The van der Waals surface area contributed by atoms with E-state index < -0.39 is 0 Å². The van der Waals surface area contributed by atoms with Gasteiger partial charge in [-0.05, 0) is 70.4 Å². The Morgan fingerprint density at radius 3 is 2.38 bits per heavy atom. The Hall–Kier alpha value is -2.24. The Bertz CT molecular complexity index is 799. The lowest BCUT2D eigenvalue weighted by Gasteiger charge is -2.26. The molecule has 0 amide bonds. The minimum Gasteiger partial charge on any atom is -0.351 e. The molecule has 2 aliphatic carbocycles. The summed E-state index contributed by atoms with van der Waals surface area (Å²) in [6.45, 7) is 6.47. The molecule has 1 aromatic carbocycles. The highest BCUT2D eigenvalue weighted by atomic mass is 19.1. The van der Waals surface area contributed by atoms with E-state index in [2.05, 4.69) is 46.4 Å². The first kappa shape index (κ1) is 17.2. The molecule has 138 valence electrons. The van der Waals surface area contributed by atoms with Crippen molar-refractivity contribution in [3.8, 4) is 11.4 Å². The first-order chi connectivity index (χ1) is 12.4. The van der Waals surface area contributed by atoms with Crippen molar-refractivity contribution < 1.29 is 4.39 Å². The third kappa shape index (κ3) is 3.79. The minimum absolute atomic E-state index is 0.0900. The van der Waals surface area contributed by atoms with Gasteiger partial charge in [0.2, 0.25) is 11.9 Å². The normalized spacial score (nSPS) is 18.5. The zero-order chi connectivity index (χ0) is 18.3. The highest BCUT2D eigenvalue weighted by Crippen LogP contribution is 2.41. The van der Waals surface area contributed by atoms with Gasteiger partial charge in [0.25, 0.3) is 0 Å². The molecule has 5 nitrogen and oxygen atoms in total. The molecule has 2 saturated carbocycles. The zero-order valence-corrected chi connectivity index (χ0v) is 15.6. The fraction of sp³-hybridized carbons (Fsp3) is 0.550. The van der Waals surface area contributed by atoms with Gasteiger partial charge in [0.05, 0.1) is 5.56 Å². The first-order valence-electron chi connectivity index (χ1n) is 9.48. The van der Waals surface area contributed by atoms with Crippen molar-refractivity contribution in [2.75, 3.05) is 10.6 Å². The molecule has 4 rings (SSSR count). The standard InChI is InChI=1S/C20H26FN5/c1-12(13-8-9-13)22-18-23-17(15-6-4-5-7-16(15)21)24-19(25-18)26-20(2,3)14-10-11-14/h4-7,12-14H,8-11H2,1-3H3,(H2,22,23,24,25,26)/t12-/m1/s1. The summed E-state index contributed by atoms with van der Waals surface area (Å²) in [5.41, 5.74) is 0.303.